The lowest BCUT2D eigenvalue weighted by Crippen LogP contribution is -2.31. The summed E-state index contributed by atoms with van der Waals surface area (Å²) in [5.41, 5.74) is 1.47. The number of esters is 2. The van der Waals surface area contributed by atoms with Crippen LogP contribution in [0.15, 0.2) is 46.1 Å². The molecule has 0 aliphatic rings. The highest BCUT2D eigenvalue weighted by atomic mass is 32.2. The van der Waals surface area contributed by atoms with Gasteiger partial charge < -0.3 is 19.5 Å². The van der Waals surface area contributed by atoms with Gasteiger partial charge in [-0.15, -0.1) is 0 Å². The average molecular weight is 669 g/mol. The fraction of sp³-hybridized carbons (Fsp3) is 0.355. The minimum absolute atomic E-state index is 0.0498. The molecule has 4 aromatic rings. The van der Waals surface area contributed by atoms with Crippen LogP contribution >= 0.6 is 0 Å². The molecule has 0 radical (unpaired) electrons. The molecule has 4 rings (SSSR count). The number of nitrogens with one attached hydrogen (secondary N) is 2. The van der Waals surface area contributed by atoms with Crippen molar-refractivity contribution in [2.75, 3.05) is 26.8 Å². The Morgan fingerprint density at radius 2 is 1.72 bits per heavy atom. The number of hydrogen-bond acceptors (Lipinski definition) is 11. The van der Waals surface area contributed by atoms with Gasteiger partial charge in [-0.2, -0.15) is 5.10 Å². The van der Waals surface area contributed by atoms with E-state index >= 15 is 0 Å². The second-order valence-electron chi connectivity index (χ2n) is 10.3. The maximum Gasteiger partial charge on any atom is 0.407 e. The topological polar surface area (TPSA) is 190 Å². The van der Waals surface area contributed by atoms with Crippen LogP contribution in [0.2, 0.25) is 0 Å². The molecular formula is C31H36N6O9S. The summed E-state index contributed by atoms with van der Waals surface area (Å²) in [5.74, 6) is -1.31. The Balaban J connectivity index is 1.65. The molecule has 0 bridgehead atoms. The Morgan fingerprint density at radius 1 is 1.00 bits per heavy atom. The number of aryl methyl sites for hydroxylation is 4. The lowest BCUT2D eigenvalue weighted by molar-refractivity contribution is 0.0489. The number of aromatic nitrogens is 4. The molecular weight excluding hydrogens is 632 g/mol. The van der Waals surface area contributed by atoms with Crippen LogP contribution in [0.4, 0.5) is 4.79 Å². The quantitative estimate of drug-likeness (QED) is 0.128. The van der Waals surface area contributed by atoms with Crippen LogP contribution in [0.1, 0.15) is 57.3 Å². The highest BCUT2D eigenvalue weighted by molar-refractivity contribution is 7.89. The number of para-hydroxylation sites is 1. The van der Waals surface area contributed by atoms with E-state index in [0.717, 1.165) is 10.3 Å². The largest absolute Gasteiger partial charge is 0.462 e. The molecule has 2 aromatic carbocycles. The first-order chi connectivity index (χ1) is 22.3. The van der Waals surface area contributed by atoms with Crippen LogP contribution in [0.3, 0.4) is 0 Å². The van der Waals surface area contributed by atoms with Crippen molar-refractivity contribution in [2.45, 2.75) is 45.6 Å². The number of hydrogen-bond donors (Lipinski definition) is 2. The van der Waals surface area contributed by atoms with Gasteiger partial charge in [0.2, 0.25) is 10.0 Å². The van der Waals surface area contributed by atoms with Gasteiger partial charge >= 0.3 is 18.0 Å². The number of alkyl carbamates (subject to hydrolysis) is 1. The minimum atomic E-state index is -4.06. The summed E-state index contributed by atoms with van der Waals surface area (Å²) in [5, 5.41) is 6.73. The maximum atomic E-state index is 14.2. The summed E-state index contributed by atoms with van der Waals surface area (Å²) in [4.78, 5) is 56.3. The van der Waals surface area contributed by atoms with Crippen molar-refractivity contribution in [3.05, 3.63) is 80.7 Å². The van der Waals surface area contributed by atoms with Crippen molar-refractivity contribution in [1.29, 1.82) is 0 Å². The van der Waals surface area contributed by atoms with E-state index in [1.807, 2.05) is 6.92 Å². The Bertz CT molecular complexity index is 2020. The predicted molar refractivity (Wildman–Crippen MR) is 170 cm³/mol. The Hall–Kier alpha value is -5.09. The molecule has 16 heteroatoms. The molecule has 0 aliphatic carbocycles. The zero-order valence-corrected chi connectivity index (χ0v) is 27.7. The van der Waals surface area contributed by atoms with Crippen LogP contribution in [-0.2, 0) is 44.3 Å². The van der Waals surface area contributed by atoms with E-state index in [0.29, 0.717) is 17.5 Å². The number of ether oxygens (including phenoxy) is 3. The van der Waals surface area contributed by atoms with Crippen LogP contribution in [0.5, 0.6) is 0 Å². The Kier molecular flexibility index (Phi) is 10.8. The standard InChI is InChI=1S/C31H36N6O9S/c1-7-20-16-23(36(6)35-20)29(39)45-14-13-33-31(41)46-17-25-34-21-15-18(3)26(30(40)44-8-2)19(4)27(21)28(38)37(25)22-11-9-10-12-24(22)47(42,43)32-5/h9-12,15-16,32H,7-8,13-14,17H2,1-6H3,(H,33,41). The van der Waals surface area contributed by atoms with Gasteiger partial charge in [-0.25, -0.2) is 32.5 Å². The summed E-state index contributed by atoms with van der Waals surface area (Å²) in [6.07, 6.45) is -0.254. The molecule has 1 amide bonds. The molecule has 250 valence electrons. The van der Waals surface area contributed by atoms with Gasteiger partial charge in [0.15, 0.2) is 12.4 Å². The molecule has 47 heavy (non-hydrogen) atoms. The van der Waals surface area contributed by atoms with Gasteiger partial charge in [0, 0.05) is 7.05 Å². The highest BCUT2D eigenvalue weighted by Crippen LogP contribution is 2.26. The fourth-order valence-corrected chi connectivity index (χ4v) is 5.93. The maximum absolute atomic E-state index is 14.2. The SMILES string of the molecule is CCOC(=O)c1c(C)cc2nc(COC(=O)NCCOC(=O)c3cc(CC)nn3C)n(-c3ccccc3S(=O)(=O)NC)c(=O)c2c1C. The van der Waals surface area contributed by atoms with E-state index in [2.05, 4.69) is 20.1 Å². The van der Waals surface area contributed by atoms with Crippen LogP contribution in [-0.4, -0.2) is 72.6 Å². The molecule has 15 nitrogen and oxygen atoms in total. The van der Waals surface area contributed by atoms with Crippen molar-refractivity contribution in [3.8, 4) is 5.69 Å². The van der Waals surface area contributed by atoms with Gasteiger partial charge in [0.25, 0.3) is 5.56 Å². The number of amides is 1. The molecule has 0 unspecified atom stereocenters. The zero-order chi connectivity index (χ0) is 34.5. The van der Waals surface area contributed by atoms with Crippen molar-refractivity contribution in [2.24, 2.45) is 7.05 Å². The predicted octanol–water partition coefficient (Wildman–Crippen LogP) is 2.47. The van der Waals surface area contributed by atoms with E-state index in [1.54, 1.807) is 46.0 Å². The number of nitrogens with zero attached hydrogens (tertiary/aromatic N) is 4. The van der Waals surface area contributed by atoms with Gasteiger partial charge in [-0.05, 0) is 69.6 Å². The summed E-state index contributed by atoms with van der Waals surface area (Å²) in [6.45, 7) is 6.17. The fourth-order valence-electron chi connectivity index (χ4n) is 5.02. The molecule has 2 heterocycles. The van der Waals surface area contributed by atoms with Crippen molar-refractivity contribution < 1.29 is 37.0 Å². The molecule has 0 saturated carbocycles. The van der Waals surface area contributed by atoms with Crippen molar-refractivity contribution in [3.63, 3.8) is 0 Å². The van der Waals surface area contributed by atoms with Crippen LogP contribution < -0.4 is 15.6 Å². The first-order valence-electron chi connectivity index (χ1n) is 14.7. The molecule has 0 spiro atoms. The normalized spacial score (nSPS) is 11.4. The first-order valence-corrected chi connectivity index (χ1v) is 16.2. The van der Waals surface area contributed by atoms with E-state index < -0.39 is 40.2 Å². The van der Waals surface area contributed by atoms with Gasteiger partial charge in [-0.1, -0.05) is 19.1 Å². The summed E-state index contributed by atoms with van der Waals surface area (Å²) >= 11 is 0. The van der Waals surface area contributed by atoms with E-state index in [-0.39, 0.29) is 58.3 Å². The molecule has 2 aromatic heterocycles. The third-order valence-electron chi connectivity index (χ3n) is 7.26. The van der Waals surface area contributed by atoms with Gasteiger partial charge in [0.05, 0.1) is 41.0 Å². The molecule has 0 fully saturated rings. The van der Waals surface area contributed by atoms with Crippen LogP contribution in [0, 0.1) is 13.8 Å². The molecule has 0 atom stereocenters. The van der Waals surface area contributed by atoms with Crippen molar-refractivity contribution in [1.82, 2.24) is 29.4 Å². The zero-order valence-electron chi connectivity index (χ0n) is 26.9. The average Bonchev–Trinajstić information content (AvgIpc) is 3.42. The van der Waals surface area contributed by atoms with E-state index in [4.69, 9.17) is 14.2 Å². The Labute approximate surface area is 270 Å². The number of rotatable bonds is 12. The Morgan fingerprint density at radius 3 is 2.38 bits per heavy atom. The third-order valence-corrected chi connectivity index (χ3v) is 8.72. The lowest BCUT2D eigenvalue weighted by Gasteiger charge is -2.19. The molecule has 0 saturated heterocycles. The second-order valence-corrected chi connectivity index (χ2v) is 12.1. The monoisotopic (exact) mass is 668 g/mol. The summed E-state index contributed by atoms with van der Waals surface area (Å²) < 4.78 is 46.4. The van der Waals surface area contributed by atoms with Crippen LogP contribution in [0.25, 0.3) is 16.6 Å². The number of sulfonamides is 1. The number of carbonyl (C=O) groups is 3. The summed E-state index contributed by atoms with van der Waals surface area (Å²) in [6, 6.07) is 8.94. The first kappa shape index (κ1) is 34.8. The summed E-state index contributed by atoms with van der Waals surface area (Å²) in [7, 11) is -1.21. The molecule has 2 N–H and O–H groups in total. The van der Waals surface area contributed by atoms with Gasteiger partial charge in [-0.3, -0.25) is 14.0 Å². The van der Waals surface area contributed by atoms with E-state index in [9.17, 15) is 27.6 Å². The second kappa shape index (κ2) is 14.6. The smallest absolute Gasteiger partial charge is 0.407 e. The minimum Gasteiger partial charge on any atom is -0.462 e. The lowest BCUT2D eigenvalue weighted by atomic mass is 9.98. The number of carbonyl (C=O) groups excluding carboxylic acids is 3. The van der Waals surface area contributed by atoms with Crippen molar-refractivity contribution >= 4 is 39.0 Å². The van der Waals surface area contributed by atoms with E-state index in [1.165, 1.54) is 29.9 Å². The number of benzene rings is 2. The molecule has 0 aliphatic heterocycles. The van der Waals surface area contributed by atoms with Gasteiger partial charge in [0.1, 0.15) is 17.2 Å². The highest BCUT2D eigenvalue weighted by Gasteiger charge is 2.25. The third kappa shape index (κ3) is 7.33. The number of fused-ring (bicyclic) bond motifs is 1.